The summed E-state index contributed by atoms with van der Waals surface area (Å²) in [7, 11) is 3.42. The van der Waals surface area contributed by atoms with Crippen LogP contribution in [0.15, 0.2) is 0 Å². The van der Waals surface area contributed by atoms with Gasteiger partial charge in [0.05, 0.1) is 12.0 Å². The normalized spacial score (nSPS) is 25.7. The average Bonchev–Trinajstić information content (AvgIpc) is 2.62. The third kappa shape index (κ3) is 2.52. The number of carboxylic acid groups (broad SMARTS) is 1. The van der Waals surface area contributed by atoms with Gasteiger partial charge in [0.15, 0.2) is 0 Å². The maximum Gasteiger partial charge on any atom is 0.310 e. The summed E-state index contributed by atoms with van der Waals surface area (Å²) in [5, 5.41) is 9.20. The molecule has 5 nitrogen and oxygen atoms in total. The SMILES string of the molecule is CCC1(C(=O)O)CCN(CC(=O)N(C)C)C1. The quantitative estimate of drug-likeness (QED) is 0.750. The van der Waals surface area contributed by atoms with Crippen molar-refractivity contribution >= 4 is 11.9 Å². The Kier molecular flexibility index (Phi) is 3.91. The fourth-order valence-corrected chi connectivity index (χ4v) is 2.04. The van der Waals surface area contributed by atoms with Crippen molar-refractivity contribution in [3.63, 3.8) is 0 Å². The highest BCUT2D eigenvalue weighted by atomic mass is 16.4. The van der Waals surface area contributed by atoms with Crippen molar-refractivity contribution in [3.8, 4) is 0 Å². The molecule has 0 saturated carbocycles. The lowest BCUT2D eigenvalue weighted by Gasteiger charge is -2.23. The Morgan fingerprint density at radius 3 is 2.44 bits per heavy atom. The Morgan fingerprint density at radius 2 is 2.06 bits per heavy atom. The van der Waals surface area contributed by atoms with Crippen LogP contribution in [0.4, 0.5) is 0 Å². The molecule has 0 aromatic heterocycles. The largest absolute Gasteiger partial charge is 0.481 e. The second-order valence-corrected chi connectivity index (χ2v) is 4.69. The summed E-state index contributed by atoms with van der Waals surface area (Å²) in [4.78, 5) is 26.2. The molecule has 1 N–H and O–H groups in total. The predicted octanol–water partition coefficient (Wildman–Crippen LogP) is 0.261. The fraction of sp³-hybridized carbons (Fsp3) is 0.818. The number of amides is 1. The highest BCUT2D eigenvalue weighted by Crippen LogP contribution is 2.33. The number of likely N-dealkylation sites (tertiary alicyclic amines) is 1. The van der Waals surface area contributed by atoms with Crippen molar-refractivity contribution in [1.29, 1.82) is 0 Å². The summed E-state index contributed by atoms with van der Waals surface area (Å²) < 4.78 is 0. The number of hydrogen-bond acceptors (Lipinski definition) is 3. The van der Waals surface area contributed by atoms with Crippen molar-refractivity contribution in [2.45, 2.75) is 19.8 Å². The van der Waals surface area contributed by atoms with Crippen LogP contribution in [0.25, 0.3) is 0 Å². The molecule has 1 atom stereocenters. The van der Waals surface area contributed by atoms with Crippen molar-refractivity contribution in [3.05, 3.63) is 0 Å². The molecule has 1 saturated heterocycles. The maximum absolute atomic E-state index is 11.5. The van der Waals surface area contributed by atoms with Gasteiger partial charge in [-0.1, -0.05) is 6.92 Å². The van der Waals surface area contributed by atoms with E-state index in [-0.39, 0.29) is 5.91 Å². The number of aliphatic carboxylic acids is 1. The number of nitrogens with zero attached hydrogens (tertiary/aromatic N) is 2. The Morgan fingerprint density at radius 1 is 1.44 bits per heavy atom. The molecule has 0 aromatic rings. The van der Waals surface area contributed by atoms with E-state index >= 15 is 0 Å². The second kappa shape index (κ2) is 4.82. The van der Waals surface area contributed by atoms with Gasteiger partial charge in [0.25, 0.3) is 0 Å². The first-order valence-corrected chi connectivity index (χ1v) is 5.57. The molecule has 5 heteroatoms. The molecule has 1 rings (SSSR count). The predicted molar refractivity (Wildman–Crippen MR) is 60.1 cm³/mol. The van der Waals surface area contributed by atoms with E-state index in [9.17, 15) is 14.7 Å². The van der Waals surface area contributed by atoms with Gasteiger partial charge in [-0.05, 0) is 19.4 Å². The topological polar surface area (TPSA) is 60.9 Å². The zero-order valence-electron chi connectivity index (χ0n) is 10.2. The lowest BCUT2D eigenvalue weighted by Crippen LogP contribution is -2.38. The Labute approximate surface area is 96.0 Å². The van der Waals surface area contributed by atoms with Gasteiger partial charge in [0, 0.05) is 20.6 Å². The van der Waals surface area contributed by atoms with E-state index in [0.717, 1.165) is 0 Å². The van der Waals surface area contributed by atoms with Gasteiger partial charge in [-0.25, -0.2) is 0 Å². The van der Waals surface area contributed by atoms with E-state index in [2.05, 4.69) is 0 Å². The molecule has 92 valence electrons. The van der Waals surface area contributed by atoms with Gasteiger partial charge in [-0.3, -0.25) is 14.5 Å². The standard InChI is InChI=1S/C11H20N2O3/c1-4-11(10(15)16)5-6-13(8-11)7-9(14)12(2)3/h4-8H2,1-3H3,(H,15,16). The minimum atomic E-state index is -0.741. The van der Waals surface area contributed by atoms with Gasteiger partial charge in [0.1, 0.15) is 0 Å². The molecule has 0 spiro atoms. The molecule has 0 radical (unpaired) electrons. The summed E-state index contributed by atoms with van der Waals surface area (Å²) in [6.45, 7) is 3.39. The van der Waals surface area contributed by atoms with E-state index in [4.69, 9.17) is 0 Å². The number of carbonyl (C=O) groups is 2. The van der Waals surface area contributed by atoms with Gasteiger partial charge in [-0.2, -0.15) is 0 Å². The molecule has 1 aliphatic rings. The first kappa shape index (κ1) is 13.0. The Hall–Kier alpha value is -1.10. The number of carboxylic acids is 1. The van der Waals surface area contributed by atoms with Crippen LogP contribution in [0.2, 0.25) is 0 Å². The molecule has 1 fully saturated rings. The summed E-state index contributed by atoms with van der Waals surface area (Å²) >= 11 is 0. The fourth-order valence-electron chi connectivity index (χ4n) is 2.04. The van der Waals surface area contributed by atoms with Crippen molar-refractivity contribution in [1.82, 2.24) is 9.80 Å². The zero-order valence-corrected chi connectivity index (χ0v) is 10.2. The Bertz CT molecular complexity index is 291. The highest BCUT2D eigenvalue weighted by Gasteiger charge is 2.43. The number of carbonyl (C=O) groups excluding carboxylic acids is 1. The molecule has 1 heterocycles. The monoisotopic (exact) mass is 228 g/mol. The number of rotatable bonds is 4. The summed E-state index contributed by atoms with van der Waals surface area (Å²) in [6, 6.07) is 0. The van der Waals surface area contributed by atoms with Crippen LogP contribution in [-0.4, -0.2) is 60.5 Å². The van der Waals surface area contributed by atoms with Crippen LogP contribution >= 0.6 is 0 Å². The van der Waals surface area contributed by atoms with E-state index in [1.807, 2.05) is 11.8 Å². The minimum absolute atomic E-state index is 0.0253. The number of hydrogen-bond donors (Lipinski definition) is 1. The zero-order chi connectivity index (χ0) is 12.3. The Balaban J connectivity index is 2.58. The van der Waals surface area contributed by atoms with Gasteiger partial charge in [-0.15, -0.1) is 0 Å². The second-order valence-electron chi connectivity index (χ2n) is 4.69. The van der Waals surface area contributed by atoms with Crippen LogP contribution < -0.4 is 0 Å². The number of likely N-dealkylation sites (N-methyl/N-ethyl adjacent to an activating group) is 1. The molecular formula is C11H20N2O3. The van der Waals surface area contributed by atoms with Crippen LogP contribution in [0.1, 0.15) is 19.8 Å². The van der Waals surface area contributed by atoms with Crippen LogP contribution in [0.5, 0.6) is 0 Å². The van der Waals surface area contributed by atoms with Crippen LogP contribution in [0, 0.1) is 5.41 Å². The highest BCUT2D eigenvalue weighted by molar-refractivity contribution is 5.78. The average molecular weight is 228 g/mol. The van der Waals surface area contributed by atoms with E-state index < -0.39 is 11.4 Å². The smallest absolute Gasteiger partial charge is 0.310 e. The lowest BCUT2D eigenvalue weighted by molar-refractivity contribution is -0.148. The van der Waals surface area contributed by atoms with E-state index in [0.29, 0.717) is 32.5 Å². The molecule has 0 aliphatic carbocycles. The summed E-state index contributed by atoms with van der Waals surface area (Å²) in [6.07, 6.45) is 1.26. The van der Waals surface area contributed by atoms with Crippen molar-refractivity contribution in [2.24, 2.45) is 5.41 Å². The minimum Gasteiger partial charge on any atom is -0.481 e. The molecule has 1 aliphatic heterocycles. The first-order chi connectivity index (χ1) is 7.41. The van der Waals surface area contributed by atoms with Crippen molar-refractivity contribution < 1.29 is 14.7 Å². The lowest BCUT2D eigenvalue weighted by atomic mass is 9.84. The molecule has 1 unspecified atom stereocenters. The van der Waals surface area contributed by atoms with Gasteiger partial charge >= 0.3 is 5.97 Å². The van der Waals surface area contributed by atoms with E-state index in [1.165, 1.54) is 4.90 Å². The summed E-state index contributed by atoms with van der Waals surface area (Å²) in [5.41, 5.74) is -0.646. The van der Waals surface area contributed by atoms with Crippen molar-refractivity contribution in [2.75, 3.05) is 33.7 Å². The molecule has 0 bridgehead atoms. The van der Waals surface area contributed by atoms with Crippen LogP contribution in [0.3, 0.4) is 0 Å². The van der Waals surface area contributed by atoms with E-state index in [1.54, 1.807) is 14.1 Å². The van der Waals surface area contributed by atoms with Crippen LogP contribution in [-0.2, 0) is 9.59 Å². The van der Waals surface area contributed by atoms with Gasteiger partial charge < -0.3 is 10.0 Å². The van der Waals surface area contributed by atoms with Gasteiger partial charge in [0.2, 0.25) is 5.91 Å². The first-order valence-electron chi connectivity index (χ1n) is 5.57. The maximum atomic E-state index is 11.5. The molecule has 16 heavy (non-hydrogen) atoms. The summed E-state index contributed by atoms with van der Waals surface area (Å²) in [5.74, 6) is -0.716. The molecule has 1 amide bonds. The third-order valence-corrected chi connectivity index (χ3v) is 3.42. The third-order valence-electron chi connectivity index (χ3n) is 3.42. The molecule has 0 aromatic carbocycles. The molecular weight excluding hydrogens is 208 g/mol.